The number of methoxy groups -OCH3 is 1. The van der Waals surface area contributed by atoms with Gasteiger partial charge in [0.2, 0.25) is 0 Å². The van der Waals surface area contributed by atoms with Crippen LogP contribution in [0.25, 0.3) is 0 Å². The highest BCUT2D eigenvalue weighted by Crippen LogP contribution is 2.37. The van der Waals surface area contributed by atoms with Gasteiger partial charge in [-0.3, -0.25) is 4.90 Å². The highest BCUT2D eigenvalue weighted by molar-refractivity contribution is 5.39. The molecule has 3 heteroatoms. The fourth-order valence-corrected chi connectivity index (χ4v) is 3.59. The van der Waals surface area contributed by atoms with Crippen molar-refractivity contribution < 1.29 is 4.74 Å². The van der Waals surface area contributed by atoms with Gasteiger partial charge in [0.1, 0.15) is 5.75 Å². The molecule has 2 aliphatic rings. The van der Waals surface area contributed by atoms with Crippen LogP contribution in [0.5, 0.6) is 5.75 Å². The molecular weight excluding hydrogens is 236 g/mol. The van der Waals surface area contributed by atoms with Gasteiger partial charge in [-0.1, -0.05) is 6.07 Å². The van der Waals surface area contributed by atoms with Crippen molar-refractivity contribution >= 4 is 0 Å². The van der Waals surface area contributed by atoms with Crippen molar-refractivity contribution in [2.75, 3.05) is 20.2 Å². The molecule has 1 aliphatic heterocycles. The average Bonchev–Trinajstić information content (AvgIpc) is 2.46. The van der Waals surface area contributed by atoms with Crippen LogP contribution in [0.3, 0.4) is 0 Å². The van der Waals surface area contributed by atoms with Gasteiger partial charge in [-0.05, 0) is 61.9 Å². The number of rotatable bonds is 2. The van der Waals surface area contributed by atoms with E-state index in [-0.39, 0.29) is 0 Å². The molecular formula is C16H24N2O. The molecule has 3 nitrogen and oxygen atoms in total. The van der Waals surface area contributed by atoms with Crippen LogP contribution in [0, 0.1) is 0 Å². The van der Waals surface area contributed by atoms with E-state index in [0.29, 0.717) is 12.1 Å². The Balaban J connectivity index is 1.85. The summed E-state index contributed by atoms with van der Waals surface area (Å²) in [5, 5.41) is 0. The number of aryl methyl sites for hydroxylation is 1. The highest BCUT2D eigenvalue weighted by atomic mass is 16.5. The van der Waals surface area contributed by atoms with Crippen LogP contribution in [0.2, 0.25) is 0 Å². The predicted molar refractivity (Wildman–Crippen MR) is 77.5 cm³/mol. The van der Waals surface area contributed by atoms with E-state index in [4.69, 9.17) is 10.5 Å². The van der Waals surface area contributed by atoms with Gasteiger partial charge in [-0.2, -0.15) is 0 Å². The Bertz CT molecular complexity index is 446. The monoisotopic (exact) mass is 260 g/mol. The zero-order valence-corrected chi connectivity index (χ0v) is 11.8. The Hall–Kier alpha value is -1.06. The zero-order valence-electron chi connectivity index (χ0n) is 11.8. The van der Waals surface area contributed by atoms with Crippen molar-refractivity contribution in [2.45, 2.75) is 44.2 Å². The van der Waals surface area contributed by atoms with E-state index in [2.05, 4.69) is 23.1 Å². The first-order valence-electron chi connectivity index (χ1n) is 7.44. The molecule has 0 radical (unpaired) electrons. The fraction of sp³-hybridized carbons (Fsp3) is 0.625. The minimum Gasteiger partial charge on any atom is -0.497 e. The Kier molecular flexibility index (Phi) is 3.76. The third-order valence-electron chi connectivity index (χ3n) is 4.56. The minimum absolute atomic E-state index is 0.359. The molecule has 2 unspecified atom stereocenters. The molecule has 1 fully saturated rings. The van der Waals surface area contributed by atoms with Gasteiger partial charge in [-0.25, -0.2) is 0 Å². The minimum atomic E-state index is 0.359. The molecule has 0 amide bonds. The average molecular weight is 260 g/mol. The van der Waals surface area contributed by atoms with Crippen molar-refractivity contribution in [2.24, 2.45) is 5.73 Å². The second kappa shape index (κ2) is 5.51. The van der Waals surface area contributed by atoms with Gasteiger partial charge >= 0.3 is 0 Å². The van der Waals surface area contributed by atoms with E-state index in [9.17, 15) is 0 Å². The maximum atomic E-state index is 6.14. The first-order chi connectivity index (χ1) is 9.28. The zero-order chi connectivity index (χ0) is 13.2. The summed E-state index contributed by atoms with van der Waals surface area (Å²) in [6, 6.07) is 7.50. The van der Waals surface area contributed by atoms with Crippen molar-refractivity contribution in [3.05, 3.63) is 29.3 Å². The van der Waals surface area contributed by atoms with Gasteiger partial charge in [-0.15, -0.1) is 0 Å². The predicted octanol–water partition coefficient (Wildman–Crippen LogP) is 2.50. The molecule has 3 rings (SSSR count). The summed E-state index contributed by atoms with van der Waals surface area (Å²) in [5.41, 5.74) is 9.10. The van der Waals surface area contributed by atoms with Crippen molar-refractivity contribution in [3.63, 3.8) is 0 Å². The van der Waals surface area contributed by atoms with Gasteiger partial charge in [0.15, 0.2) is 0 Å². The summed E-state index contributed by atoms with van der Waals surface area (Å²) in [5.74, 6) is 0.981. The molecule has 2 N–H and O–H groups in total. The van der Waals surface area contributed by atoms with Gasteiger partial charge < -0.3 is 10.5 Å². The van der Waals surface area contributed by atoms with Crippen molar-refractivity contribution in [1.82, 2.24) is 4.90 Å². The molecule has 1 aromatic rings. The third kappa shape index (κ3) is 2.63. The molecule has 19 heavy (non-hydrogen) atoms. The van der Waals surface area contributed by atoms with E-state index >= 15 is 0 Å². The Morgan fingerprint density at radius 3 is 2.95 bits per heavy atom. The molecule has 2 atom stereocenters. The van der Waals surface area contributed by atoms with Crippen LogP contribution >= 0.6 is 0 Å². The molecule has 1 aliphatic carbocycles. The second-order valence-corrected chi connectivity index (χ2v) is 5.87. The van der Waals surface area contributed by atoms with E-state index in [0.717, 1.165) is 12.3 Å². The number of piperidine rings is 1. The maximum absolute atomic E-state index is 6.14. The van der Waals surface area contributed by atoms with E-state index < -0.39 is 0 Å². The Labute approximate surface area is 115 Å². The summed E-state index contributed by atoms with van der Waals surface area (Å²) in [6.45, 7) is 2.25. The maximum Gasteiger partial charge on any atom is 0.119 e. The van der Waals surface area contributed by atoms with Crippen LogP contribution in [0.1, 0.15) is 42.9 Å². The number of benzene rings is 1. The summed E-state index contributed by atoms with van der Waals surface area (Å²) in [4.78, 5) is 2.60. The number of ether oxygens (including phenoxy) is 1. The molecule has 1 aromatic carbocycles. The SMILES string of the molecule is COc1ccc2c(c1)CCCC2N1CCCC(N)C1. The number of hydrogen-bond donors (Lipinski definition) is 1. The van der Waals surface area contributed by atoms with Crippen LogP contribution in [0.4, 0.5) is 0 Å². The van der Waals surface area contributed by atoms with Crippen LogP contribution in [-0.2, 0) is 6.42 Å². The Morgan fingerprint density at radius 2 is 2.16 bits per heavy atom. The molecule has 1 heterocycles. The molecule has 0 spiro atoms. The molecule has 0 saturated carbocycles. The summed E-state index contributed by atoms with van der Waals surface area (Å²) < 4.78 is 5.34. The van der Waals surface area contributed by atoms with E-state index in [1.165, 1.54) is 49.8 Å². The third-order valence-corrected chi connectivity index (χ3v) is 4.56. The lowest BCUT2D eigenvalue weighted by molar-refractivity contribution is 0.136. The lowest BCUT2D eigenvalue weighted by Crippen LogP contribution is -2.45. The Morgan fingerprint density at radius 1 is 1.26 bits per heavy atom. The van der Waals surface area contributed by atoms with Gasteiger partial charge in [0.05, 0.1) is 7.11 Å². The van der Waals surface area contributed by atoms with Crippen molar-refractivity contribution in [3.8, 4) is 5.75 Å². The van der Waals surface area contributed by atoms with Crippen LogP contribution < -0.4 is 10.5 Å². The largest absolute Gasteiger partial charge is 0.497 e. The molecule has 0 bridgehead atoms. The van der Waals surface area contributed by atoms with Crippen LogP contribution in [-0.4, -0.2) is 31.1 Å². The van der Waals surface area contributed by atoms with Gasteiger partial charge in [0.25, 0.3) is 0 Å². The number of nitrogens with two attached hydrogens (primary N) is 1. The number of hydrogen-bond acceptors (Lipinski definition) is 3. The number of likely N-dealkylation sites (tertiary alicyclic amines) is 1. The number of fused-ring (bicyclic) bond motifs is 1. The first-order valence-corrected chi connectivity index (χ1v) is 7.44. The molecule has 1 saturated heterocycles. The number of nitrogens with zero attached hydrogens (tertiary/aromatic N) is 1. The standard InChI is InChI=1S/C16H24N2O/c1-19-14-7-8-15-12(10-14)4-2-6-16(15)18-9-3-5-13(17)11-18/h7-8,10,13,16H,2-6,9,11,17H2,1H3. The fourth-order valence-electron chi connectivity index (χ4n) is 3.59. The van der Waals surface area contributed by atoms with Gasteiger partial charge in [0, 0.05) is 18.6 Å². The smallest absolute Gasteiger partial charge is 0.119 e. The topological polar surface area (TPSA) is 38.5 Å². The normalized spacial score (nSPS) is 27.9. The first kappa shape index (κ1) is 12.9. The lowest BCUT2D eigenvalue weighted by Gasteiger charge is -2.40. The summed E-state index contributed by atoms with van der Waals surface area (Å²) >= 11 is 0. The summed E-state index contributed by atoms with van der Waals surface area (Å²) in [7, 11) is 1.74. The lowest BCUT2D eigenvalue weighted by atomic mass is 9.85. The second-order valence-electron chi connectivity index (χ2n) is 5.87. The van der Waals surface area contributed by atoms with E-state index in [1.54, 1.807) is 7.11 Å². The van der Waals surface area contributed by atoms with Crippen LogP contribution in [0.15, 0.2) is 18.2 Å². The molecule has 104 valence electrons. The summed E-state index contributed by atoms with van der Waals surface area (Å²) in [6.07, 6.45) is 6.15. The highest BCUT2D eigenvalue weighted by Gasteiger charge is 2.28. The van der Waals surface area contributed by atoms with Crippen molar-refractivity contribution in [1.29, 1.82) is 0 Å². The van der Waals surface area contributed by atoms with E-state index in [1.807, 2.05) is 0 Å². The quantitative estimate of drug-likeness (QED) is 0.888. The molecule has 0 aromatic heterocycles.